The molecule has 20 heavy (non-hydrogen) atoms. The van der Waals surface area contributed by atoms with Gasteiger partial charge in [-0.3, -0.25) is 4.79 Å². The minimum atomic E-state index is -0.326. The van der Waals surface area contributed by atoms with E-state index in [9.17, 15) is 9.18 Å². The van der Waals surface area contributed by atoms with Crippen LogP contribution in [0.2, 0.25) is 0 Å². The Morgan fingerprint density at radius 2 is 2.35 bits per heavy atom. The van der Waals surface area contributed by atoms with Crippen LogP contribution in [-0.2, 0) is 14.9 Å². The molecule has 1 atom stereocenters. The number of nitrogens with one attached hydrogen (secondary N) is 2. The summed E-state index contributed by atoms with van der Waals surface area (Å²) in [5.74, 6) is -0.335. The van der Waals surface area contributed by atoms with Crippen LogP contribution in [0.15, 0.2) is 24.3 Å². The van der Waals surface area contributed by atoms with Crippen molar-refractivity contribution in [3.63, 3.8) is 0 Å². The van der Waals surface area contributed by atoms with Crippen LogP contribution in [0.25, 0.3) is 0 Å². The molecule has 2 N–H and O–H groups in total. The highest BCUT2D eigenvalue weighted by Gasteiger charge is 2.25. The van der Waals surface area contributed by atoms with Gasteiger partial charge in [-0.1, -0.05) is 26.0 Å². The van der Waals surface area contributed by atoms with Gasteiger partial charge in [0.1, 0.15) is 11.9 Å². The van der Waals surface area contributed by atoms with Gasteiger partial charge in [0, 0.05) is 18.5 Å². The molecular formula is C15H21FN2O2. The molecule has 1 saturated heterocycles. The number of amides is 1. The number of hydrogen-bond acceptors (Lipinski definition) is 3. The first-order chi connectivity index (χ1) is 9.49. The van der Waals surface area contributed by atoms with Crippen molar-refractivity contribution in [1.29, 1.82) is 0 Å². The summed E-state index contributed by atoms with van der Waals surface area (Å²) in [5, 5.41) is 6.01. The van der Waals surface area contributed by atoms with E-state index in [2.05, 4.69) is 10.6 Å². The maximum absolute atomic E-state index is 13.3. The van der Waals surface area contributed by atoms with Crippen molar-refractivity contribution < 1.29 is 13.9 Å². The number of morpholine rings is 1. The Kier molecular flexibility index (Phi) is 4.73. The van der Waals surface area contributed by atoms with Crippen LogP contribution in [0.5, 0.6) is 0 Å². The quantitative estimate of drug-likeness (QED) is 0.871. The number of hydrogen-bond donors (Lipinski definition) is 2. The van der Waals surface area contributed by atoms with E-state index in [4.69, 9.17) is 4.74 Å². The van der Waals surface area contributed by atoms with Gasteiger partial charge in [-0.25, -0.2) is 4.39 Å². The average molecular weight is 280 g/mol. The third-order valence-corrected chi connectivity index (χ3v) is 3.55. The number of ether oxygens (including phenoxy) is 1. The Hall–Kier alpha value is -1.46. The van der Waals surface area contributed by atoms with Crippen molar-refractivity contribution in [2.75, 3.05) is 26.3 Å². The van der Waals surface area contributed by atoms with Gasteiger partial charge in [0.05, 0.1) is 13.2 Å². The minimum Gasteiger partial charge on any atom is -0.378 e. The predicted molar refractivity (Wildman–Crippen MR) is 75.0 cm³/mol. The van der Waals surface area contributed by atoms with Gasteiger partial charge in [-0.05, 0) is 17.7 Å². The van der Waals surface area contributed by atoms with Crippen molar-refractivity contribution in [3.05, 3.63) is 35.6 Å². The summed E-state index contributed by atoms with van der Waals surface area (Å²) < 4.78 is 18.5. The van der Waals surface area contributed by atoms with Gasteiger partial charge in [0.15, 0.2) is 0 Å². The lowest BCUT2D eigenvalue weighted by Crippen LogP contribution is -2.52. The summed E-state index contributed by atoms with van der Waals surface area (Å²) in [7, 11) is 0. The standard InChI is InChI=1S/C15H21FN2O2/c1-15(2,11-4-3-5-12(16)8-11)10-18-14(19)13-9-20-7-6-17-13/h3-5,8,13,17H,6-7,9-10H2,1-2H3,(H,18,19). The average Bonchev–Trinajstić information content (AvgIpc) is 2.46. The van der Waals surface area contributed by atoms with Gasteiger partial charge in [0.2, 0.25) is 5.91 Å². The monoisotopic (exact) mass is 280 g/mol. The molecule has 1 aromatic carbocycles. The van der Waals surface area contributed by atoms with Crippen LogP contribution in [0.3, 0.4) is 0 Å². The number of carbonyl (C=O) groups is 1. The van der Waals surface area contributed by atoms with Crippen LogP contribution in [0.4, 0.5) is 4.39 Å². The smallest absolute Gasteiger partial charge is 0.239 e. The van der Waals surface area contributed by atoms with Gasteiger partial charge < -0.3 is 15.4 Å². The molecule has 1 aromatic rings. The lowest BCUT2D eigenvalue weighted by Gasteiger charge is -2.28. The molecule has 110 valence electrons. The molecule has 0 spiro atoms. The SMILES string of the molecule is CC(C)(CNC(=O)C1COCCN1)c1cccc(F)c1. The van der Waals surface area contributed by atoms with Crippen molar-refractivity contribution >= 4 is 5.91 Å². The highest BCUT2D eigenvalue weighted by Crippen LogP contribution is 2.22. The molecule has 0 saturated carbocycles. The van der Waals surface area contributed by atoms with Gasteiger partial charge in [-0.2, -0.15) is 0 Å². The Morgan fingerprint density at radius 3 is 3.00 bits per heavy atom. The number of carbonyl (C=O) groups excluding carboxylic acids is 1. The molecule has 1 aliphatic rings. The molecule has 1 fully saturated rings. The molecule has 4 nitrogen and oxygen atoms in total. The zero-order valence-electron chi connectivity index (χ0n) is 11.9. The number of rotatable bonds is 4. The first-order valence-corrected chi connectivity index (χ1v) is 6.84. The van der Waals surface area contributed by atoms with Crippen LogP contribution in [0.1, 0.15) is 19.4 Å². The Morgan fingerprint density at radius 1 is 1.55 bits per heavy atom. The van der Waals surface area contributed by atoms with E-state index in [0.717, 1.165) is 5.56 Å². The lowest BCUT2D eigenvalue weighted by atomic mass is 9.84. The molecule has 1 unspecified atom stereocenters. The normalized spacial score (nSPS) is 19.6. The van der Waals surface area contributed by atoms with E-state index >= 15 is 0 Å². The predicted octanol–water partition coefficient (Wildman–Crippen LogP) is 1.21. The fraction of sp³-hybridized carbons (Fsp3) is 0.533. The van der Waals surface area contributed by atoms with E-state index in [1.807, 2.05) is 19.9 Å². The van der Waals surface area contributed by atoms with Crippen LogP contribution in [0, 0.1) is 5.82 Å². The van der Waals surface area contributed by atoms with Crippen molar-refractivity contribution in [2.24, 2.45) is 0 Å². The summed E-state index contributed by atoms with van der Waals surface area (Å²) >= 11 is 0. The number of benzene rings is 1. The van der Waals surface area contributed by atoms with Gasteiger partial charge >= 0.3 is 0 Å². The van der Waals surface area contributed by atoms with Crippen molar-refractivity contribution in [2.45, 2.75) is 25.3 Å². The van der Waals surface area contributed by atoms with E-state index in [-0.39, 0.29) is 23.2 Å². The molecule has 0 bridgehead atoms. The van der Waals surface area contributed by atoms with Crippen LogP contribution in [-0.4, -0.2) is 38.3 Å². The second kappa shape index (κ2) is 6.33. The molecule has 1 amide bonds. The second-order valence-electron chi connectivity index (χ2n) is 5.69. The van der Waals surface area contributed by atoms with Crippen LogP contribution >= 0.6 is 0 Å². The Bertz CT molecular complexity index is 471. The molecular weight excluding hydrogens is 259 g/mol. The molecule has 5 heteroatoms. The Balaban J connectivity index is 1.93. The summed E-state index contributed by atoms with van der Waals surface area (Å²) in [5.41, 5.74) is 0.540. The summed E-state index contributed by atoms with van der Waals surface area (Å²) in [6, 6.07) is 6.18. The maximum atomic E-state index is 13.3. The summed E-state index contributed by atoms with van der Waals surface area (Å²) in [6.07, 6.45) is 0. The highest BCUT2D eigenvalue weighted by atomic mass is 19.1. The zero-order valence-corrected chi connectivity index (χ0v) is 11.9. The topological polar surface area (TPSA) is 50.4 Å². The maximum Gasteiger partial charge on any atom is 0.239 e. The van der Waals surface area contributed by atoms with Crippen LogP contribution < -0.4 is 10.6 Å². The fourth-order valence-corrected chi connectivity index (χ4v) is 2.18. The highest BCUT2D eigenvalue weighted by molar-refractivity contribution is 5.82. The van der Waals surface area contributed by atoms with Crippen molar-refractivity contribution in [1.82, 2.24) is 10.6 Å². The summed E-state index contributed by atoms with van der Waals surface area (Å²) in [4.78, 5) is 12.0. The molecule has 1 heterocycles. The molecule has 0 aliphatic carbocycles. The molecule has 0 radical (unpaired) electrons. The van der Waals surface area contributed by atoms with Gasteiger partial charge in [-0.15, -0.1) is 0 Å². The summed E-state index contributed by atoms with van der Waals surface area (Å²) in [6.45, 7) is 6.13. The first kappa shape index (κ1) is 14.9. The van der Waals surface area contributed by atoms with E-state index in [1.165, 1.54) is 12.1 Å². The van der Waals surface area contributed by atoms with Crippen molar-refractivity contribution in [3.8, 4) is 0 Å². The zero-order chi connectivity index (χ0) is 14.6. The van der Waals surface area contributed by atoms with E-state index in [1.54, 1.807) is 6.07 Å². The third-order valence-electron chi connectivity index (χ3n) is 3.55. The van der Waals surface area contributed by atoms with E-state index < -0.39 is 0 Å². The first-order valence-electron chi connectivity index (χ1n) is 6.84. The molecule has 2 rings (SSSR count). The third kappa shape index (κ3) is 3.77. The largest absolute Gasteiger partial charge is 0.378 e. The molecule has 1 aliphatic heterocycles. The lowest BCUT2D eigenvalue weighted by molar-refractivity contribution is -0.126. The van der Waals surface area contributed by atoms with E-state index in [0.29, 0.717) is 26.3 Å². The van der Waals surface area contributed by atoms with Gasteiger partial charge in [0.25, 0.3) is 0 Å². The second-order valence-corrected chi connectivity index (χ2v) is 5.69. The number of halogens is 1. The Labute approximate surface area is 118 Å². The minimum absolute atomic E-state index is 0.0748. The molecule has 0 aromatic heterocycles. The fourth-order valence-electron chi connectivity index (χ4n) is 2.18.